The SMILES string of the molecule is Oc1cc(-c2ccccc2)ccc1-c1cccc(-c2cccc(C3(c4ccccn4)c4ccccc4-c4ccccc43)n2)c1. The number of aromatic nitrogens is 2. The number of benzene rings is 5. The third kappa shape index (κ3) is 4.05. The molecule has 5 aromatic carbocycles. The van der Waals surface area contributed by atoms with Crippen LogP contribution in [0.2, 0.25) is 0 Å². The zero-order chi connectivity index (χ0) is 29.5. The molecule has 0 radical (unpaired) electrons. The second kappa shape index (κ2) is 10.5. The van der Waals surface area contributed by atoms with Gasteiger partial charge in [-0.1, -0.05) is 121 Å². The van der Waals surface area contributed by atoms with E-state index in [0.29, 0.717) is 0 Å². The molecule has 208 valence electrons. The van der Waals surface area contributed by atoms with Crippen LogP contribution in [0.15, 0.2) is 164 Å². The molecule has 0 aliphatic heterocycles. The van der Waals surface area contributed by atoms with Gasteiger partial charge in [0.1, 0.15) is 11.2 Å². The Hall–Kier alpha value is -5.80. The fourth-order valence-corrected chi connectivity index (χ4v) is 6.74. The van der Waals surface area contributed by atoms with Crippen molar-refractivity contribution in [2.75, 3.05) is 0 Å². The van der Waals surface area contributed by atoms with Crippen molar-refractivity contribution in [1.82, 2.24) is 9.97 Å². The van der Waals surface area contributed by atoms with E-state index in [4.69, 9.17) is 9.97 Å². The summed E-state index contributed by atoms with van der Waals surface area (Å²) in [5, 5.41) is 11.1. The van der Waals surface area contributed by atoms with Crippen molar-refractivity contribution in [2.24, 2.45) is 0 Å². The zero-order valence-corrected chi connectivity index (χ0v) is 23.9. The Bertz CT molecular complexity index is 2090. The van der Waals surface area contributed by atoms with Crippen molar-refractivity contribution in [2.45, 2.75) is 5.41 Å². The molecule has 0 saturated heterocycles. The quantitative estimate of drug-likeness (QED) is 0.226. The number of nitrogens with zero attached hydrogens (tertiary/aromatic N) is 2. The highest BCUT2D eigenvalue weighted by Crippen LogP contribution is 2.55. The maximum atomic E-state index is 11.1. The fourth-order valence-electron chi connectivity index (χ4n) is 6.74. The summed E-state index contributed by atoms with van der Waals surface area (Å²) in [7, 11) is 0. The first-order valence-corrected chi connectivity index (χ1v) is 14.8. The second-order valence-electron chi connectivity index (χ2n) is 11.1. The predicted octanol–water partition coefficient (Wildman–Crippen LogP) is 9.55. The first-order chi connectivity index (χ1) is 21.7. The number of hydrogen-bond donors (Lipinski definition) is 1. The van der Waals surface area contributed by atoms with Gasteiger partial charge in [-0.15, -0.1) is 0 Å². The molecule has 3 heteroatoms. The Morgan fingerprint density at radius 3 is 1.80 bits per heavy atom. The minimum Gasteiger partial charge on any atom is -0.507 e. The molecule has 0 unspecified atom stereocenters. The summed E-state index contributed by atoms with van der Waals surface area (Å²) < 4.78 is 0. The molecule has 44 heavy (non-hydrogen) atoms. The summed E-state index contributed by atoms with van der Waals surface area (Å²) >= 11 is 0. The van der Waals surface area contributed by atoms with Crippen LogP contribution in [0.1, 0.15) is 22.5 Å². The van der Waals surface area contributed by atoms with Gasteiger partial charge in [-0.05, 0) is 75.3 Å². The summed E-state index contributed by atoms with van der Waals surface area (Å²) in [4.78, 5) is 10.3. The molecular weight excluding hydrogens is 536 g/mol. The minimum atomic E-state index is -0.659. The lowest BCUT2D eigenvalue weighted by molar-refractivity contribution is 0.477. The maximum Gasteiger partial charge on any atom is 0.124 e. The van der Waals surface area contributed by atoms with Crippen LogP contribution in [0, 0.1) is 0 Å². The van der Waals surface area contributed by atoms with Crippen LogP contribution in [0.3, 0.4) is 0 Å². The van der Waals surface area contributed by atoms with Crippen LogP contribution in [0.25, 0.3) is 44.6 Å². The van der Waals surface area contributed by atoms with Crippen LogP contribution in [0.4, 0.5) is 0 Å². The van der Waals surface area contributed by atoms with Crippen molar-refractivity contribution in [3.8, 4) is 50.4 Å². The van der Waals surface area contributed by atoms with E-state index < -0.39 is 5.41 Å². The predicted molar refractivity (Wildman–Crippen MR) is 177 cm³/mol. The molecule has 0 bridgehead atoms. The van der Waals surface area contributed by atoms with E-state index >= 15 is 0 Å². The molecule has 1 aliphatic rings. The Kier molecular flexibility index (Phi) is 6.16. The highest BCUT2D eigenvalue weighted by Gasteiger charge is 2.48. The molecule has 3 nitrogen and oxygen atoms in total. The van der Waals surface area contributed by atoms with Crippen LogP contribution in [-0.2, 0) is 5.41 Å². The van der Waals surface area contributed by atoms with Crippen molar-refractivity contribution >= 4 is 0 Å². The van der Waals surface area contributed by atoms with Gasteiger partial charge in [-0.25, -0.2) is 0 Å². The molecule has 2 heterocycles. The van der Waals surface area contributed by atoms with E-state index in [9.17, 15) is 5.11 Å². The van der Waals surface area contributed by atoms with Crippen molar-refractivity contribution in [1.29, 1.82) is 0 Å². The van der Waals surface area contributed by atoms with Crippen LogP contribution >= 0.6 is 0 Å². The van der Waals surface area contributed by atoms with Crippen molar-refractivity contribution in [3.05, 3.63) is 186 Å². The number of hydrogen-bond acceptors (Lipinski definition) is 3. The van der Waals surface area contributed by atoms with E-state index in [-0.39, 0.29) is 5.75 Å². The topological polar surface area (TPSA) is 46.0 Å². The highest BCUT2D eigenvalue weighted by molar-refractivity contribution is 5.86. The number of aromatic hydroxyl groups is 1. The molecule has 0 fully saturated rings. The van der Waals surface area contributed by atoms with E-state index in [2.05, 4.69) is 97.1 Å². The van der Waals surface area contributed by atoms with Gasteiger partial charge in [-0.2, -0.15) is 0 Å². The first kappa shape index (κ1) is 25.9. The molecule has 1 aliphatic carbocycles. The van der Waals surface area contributed by atoms with E-state index in [1.54, 1.807) is 0 Å². The fraction of sp³-hybridized carbons (Fsp3) is 0.0244. The van der Waals surface area contributed by atoms with Gasteiger partial charge < -0.3 is 5.11 Å². The van der Waals surface area contributed by atoms with Gasteiger partial charge in [0.05, 0.1) is 17.1 Å². The zero-order valence-electron chi connectivity index (χ0n) is 23.9. The average molecular weight is 565 g/mol. The van der Waals surface area contributed by atoms with E-state index in [0.717, 1.165) is 44.9 Å². The molecule has 7 aromatic rings. The van der Waals surface area contributed by atoms with E-state index in [1.807, 2.05) is 66.9 Å². The summed E-state index contributed by atoms with van der Waals surface area (Å²) in [6.07, 6.45) is 1.86. The van der Waals surface area contributed by atoms with Gasteiger partial charge >= 0.3 is 0 Å². The van der Waals surface area contributed by atoms with E-state index in [1.165, 1.54) is 22.3 Å². The number of rotatable bonds is 5. The summed E-state index contributed by atoms with van der Waals surface area (Å²) in [5.74, 6) is 0.249. The average Bonchev–Trinajstić information content (AvgIpc) is 3.40. The van der Waals surface area contributed by atoms with Gasteiger partial charge in [0.25, 0.3) is 0 Å². The highest BCUT2D eigenvalue weighted by atomic mass is 16.3. The molecule has 0 amide bonds. The molecule has 1 N–H and O–H groups in total. The first-order valence-electron chi connectivity index (χ1n) is 14.8. The Morgan fingerprint density at radius 2 is 1.07 bits per heavy atom. The smallest absolute Gasteiger partial charge is 0.124 e. The lowest BCUT2D eigenvalue weighted by Crippen LogP contribution is -2.31. The summed E-state index contributed by atoms with van der Waals surface area (Å²) in [6.45, 7) is 0. The summed E-state index contributed by atoms with van der Waals surface area (Å²) in [6, 6.07) is 53.8. The Labute approximate surface area is 256 Å². The molecule has 8 rings (SSSR count). The largest absolute Gasteiger partial charge is 0.507 e. The van der Waals surface area contributed by atoms with Gasteiger partial charge in [0.2, 0.25) is 0 Å². The second-order valence-corrected chi connectivity index (χ2v) is 11.1. The molecule has 0 saturated carbocycles. The van der Waals surface area contributed by atoms with Gasteiger partial charge in [0.15, 0.2) is 0 Å². The third-order valence-electron chi connectivity index (χ3n) is 8.71. The van der Waals surface area contributed by atoms with Crippen LogP contribution in [-0.4, -0.2) is 15.1 Å². The molecule has 0 atom stereocenters. The van der Waals surface area contributed by atoms with Gasteiger partial charge in [0, 0.05) is 17.3 Å². The Balaban J connectivity index is 1.27. The Morgan fingerprint density at radius 1 is 0.432 bits per heavy atom. The monoisotopic (exact) mass is 564 g/mol. The van der Waals surface area contributed by atoms with Crippen molar-refractivity contribution in [3.63, 3.8) is 0 Å². The van der Waals surface area contributed by atoms with Gasteiger partial charge in [-0.3, -0.25) is 9.97 Å². The number of phenolic OH excluding ortho intramolecular Hbond substituents is 1. The number of fused-ring (bicyclic) bond motifs is 3. The van der Waals surface area contributed by atoms with Crippen molar-refractivity contribution < 1.29 is 5.11 Å². The molecule has 2 aromatic heterocycles. The molecular formula is C41H28N2O. The molecule has 0 spiro atoms. The lowest BCUT2D eigenvalue weighted by atomic mass is 9.72. The lowest BCUT2D eigenvalue weighted by Gasteiger charge is -2.31. The maximum absolute atomic E-state index is 11.1. The third-order valence-corrected chi connectivity index (χ3v) is 8.71. The summed E-state index contributed by atoms with van der Waals surface area (Å²) in [5.41, 5.74) is 11.6. The van der Waals surface area contributed by atoms with Crippen LogP contribution < -0.4 is 0 Å². The number of pyridine rings is 2. The minimum absolute atomic E-state index is 0.249. The number of phenols is 1. The van der Waals surface area contributed by atoms with Crippen LogP contribution in [0.5, 0.6) is 5.75 Å². The standard InChI is InChI=1S/C41H28N2O/c44-38-27-29(28-12-2-1-3-13-28)23-24-32(38)30-14-10-15-31(26-30)37-20-11-22-40(43-37)41(39-21-8-9-25-42-39)35-18-6-4-16-33(35)34-17-5-7-19-36(34)41/h1-27,44H. The normalized spacial score (nSPS) is 12.8.